The molecule has 0 aromatic heterocycles. The number of nitrogens with one attached hydrogen (secondary N) is 2. The second-order valence-corrected chi connectivity index (χ2v) is 8.23. The molecule has 1 amide bonds. The van der Waals surface area contributed by atoms with Crippen molar-refractivity contribution in [3.8, 4) is 0 Å². The molecule has 2 aromatic carbocycles. The van der Waals surface area contributed by atoms with Crippen molar-refractivity contribution in [3.63, 3.8) is 0 Å². The summed E-state index contributed by atoms with van der Waals surface area (Å²) in [6, 6.07) is 11.7. The Labute approximate surface area is 211 Å². The Kier molecular flexibility index (Phi) is 10.3. The van der Waals surface area contributed by atoms with Crippen LogP contribution < -0.4 is 15.5 Å². The summed E-state index contributed by atoms with van der Waals surface area (Å²) in [5.41, 5.74) is 2.48. The van der Waals surface area contributed by atoms with Crippen LogP contribution in [0.5, 0.6) is 0 Å². The standard InChI is InChI=1S/C24H31F2N5O.HI/c1-27-24(28-11-9-17-5-4-6-19(13-17)23(32)30(2)3)29-15-18-10-12-31(16-18)20-7-8-21(25)22(26)14-20;/h4-8,13-14,18H,9-12,15-16H2,1-3H3,(H2,27,28,29);1H. The van der Waals surface area contributed by atoms with Gasteiger partial charge in [-0.05, 0) is 48.6 Å². The van der Waals surface area contributed by atoms with Crippen LogP contribution in [0.1, 0.15) is 22.3 Å². The molecule has 0 radical (unpaired) electrons. The van der Waals surface area contributed by atoms with Crippen molar-refractivity contribution < 1.29 is 13.6 Å². The molecule has 9 heteroatoms. The highest BCUT2D eigenvalue weighted by Crippen LogP contribution is 2.25. The van der Waals surface area contributed by atoms with E-state index in [9.17, 15) is 13.6 Å². The number of amides is 1. The predicted molar refractivity (Wildman–Crippen MR) is 140 cm³/mol. The Hall–Kier alpha value is -2.43. The van der Waals surface area contributed by atoms with Crippen LogP contribution in [0.15, 0.2) is 47.5 Å². The lowest BCUT2D eigenvalue weighted by Crippen LogP contribution is -2.41. The molecule has 1 saturated heterocycles. The number of hydrogen-bond donors (Lipinski definition) is 2. The van der Waals surface area contributed by atoms with Crippen LogP contribution in [0.2, 0.25) is 0 Å². The molecule has 0 saturated carbocycles. The summed E-state index contributed by atoms with van der Waals surface area (Å²) < 4.78 is 26.7. The zero-order valence-electron chi connectivity index (χ0n) is 19.3. The first-order valence-corrected chi connectivity index (χ1v) is 10.8. The van der Waals surface area contributed by atoms with Gasteiger partial charge in [0.25, 0.3) is 5.91 Å². The maximum atomic E-state index is 13.5. The maximum Gasteiger partial charge on any atom is 0.253 e. The molecule has 180 valence electrons. The topological polar surface area (TPSA) is 60.0 Å². The van der Waals surface area contributed by atoms with E-state index in [1.54, 1.807) is 32.1 Å². The fraction of sp³-hybridized carbons (Fsp3) is 0.417. The number of benzene rings is 2. The van der Waals surface area contributed by atoms with Crippen LogP contribution in [-0.2, 0) is 6.42 Å². The number of aliphatic imine (C=N–C) groups is 1. The summed E-state index contributed by atoms with van der Waals surface area (Å²) >= 11 is 0. The van der Waals surface area contributed by atoms with Crippen LogP contribution >= 0.6 is 24.0 Å². The number of carbonyl (C=O) groups excluding carboxylic acids is 1. The van der Waals surface area contributed by atoms with Gasteiger partial charge in [0.2, 0.25) is 0 Å². The van der Waals surface area contributed by atoms with Crippen LogP contribution in [0, 0.1) is 17.6 Å². The van der Waals surface area contributed by atoms with Crippen LogP contribution in [0.3, 0.4) is 0 Å². The molecule has 2 aromatic rings. The van der Waals surface area contributed by atoms with Gasteiger partial charge >= 0.3 is 0 Å². The third-order valence-electron chi connectivity index (χ3n) is 5.62. The minimum absolute atomic E-state index is 0. The molecule has 1 unspecified atom stereocenters. The molecule has 1 aliphatic heterocycles. The summed E-state index contributed by atoms with van der Waals surface area (Å²) in [4.78, 5) is 20.0. The Morgan fingerprint density at radius 3 is 2.64 bits per heavy atom. The highest BCUT2D eigenvalue weighted by molar-refractivity contribution is 14.0. The van der Waals surface area contributed by atoms with Crippen molar-refractivity contribution >= 4 is 41.5 Å². The molecule has 3 rings (SSSR count). The Balaban J connectivity index is 0.00000385. The zero-order chi connectivity index (χ0) is 23.1. The number of anilines is 1. The van der Waals surface area contributed by atoms with Gasteiger partial charge < -0.3 is 20.4 Å². The monoisotopic (exact) mass is 571 g/mol. The first-order chi connectivity index (χ1) is 15.4. The average Bonchev–Trinajstić information content (AvgIpc) is 3.26. The van der Waals surface area contributed by atoms with Gasteiger partial charge in [-0.15, -0.1) is 24.0 Å². The lowest BCUT2D eigenvalue weighted by molar-refractivity contribution is 0.0827. The molecule has 0 aliphatic carbocycles. The first kappa shape index (κ1) is 26.8. The Bertz CT molecular complexity index is 970. The summed E-state index contributed by atoms with van der Waals surface area (Å²) in [6.45, 7) is 3.02. The minimum atomic E-state index is -0.822. The predicted octanol–water partition coefficient (Wildman–Crippen LogP) is 3.52. The molecule has 6 nitrogen and oxygen atoms in total. The van der Waals surface area contributed by atoms with E-state index in [4.69, 9.17) is 0 Å². The molecule has 1 atom stereocenters. The normalized spacial score (nSPS) is 15.7. The van der Waals surface area contributed by atoms with Gasteiger partial charge in [0.15, 0.2) is 17.6 Å². The highest BCUT2D eigenvalue weighted by Gasteiger charge is 2.23. The lowest BCUT2D eigenvalue weighted by atomic mass is 10.1. The number of nitrogens with zero attached hydrogens (tertiary/aromatic N) is 3. The quantitative estimate of drug-likeness (QED) is 0.304. The molecule has 1 heterocycles. The summed E-state index contributed by atoms with van der Waals surface area (Å²) in [6.07, 6.45) is 1.73. The van der Waals surface area contributed by atoms with Gasteiger partial charge in [-0.25, -0.2) is 8.78 Å². The van der Waals surface area contributed by atoms with Gasteiger partial charge in [-0.3, -0.25) is 9.79 Å². The number of guanidine groups is 1. The van der Waals surface area contributed by atoms with E-state index >= 15 is 0 Å². The van der Waals surface area contributed by atoms with Crippen molar-refractivity contribution in [1.29, 1.82) is 0 Å². The Morgan fingerprint density at radius 2 is 1.94 bits per heavy atom. The number of rotatable bonds is 7. The zero-order valence-corrected chi connectivity index (χ0v) is 21.6. The first-order valence-electron chi connectivity index (χ1n) is 10.8. The smallest absolute Gasteiger partial charge is 0.253 e. The van der Waals surface area contributed by atoms with Gasteiger partial charge in [0, 0.05) is 64.6 Å². The molecule has 1 fully saturated rings. The number of carbonyl (C=O) groups is 1. The van der Waals surface area contributed by atoms with E-state index in [0.717, 1.165) is 44.0 Å². The summed E-state index contributed by atoms with van der Waals surface area (Å²) in [5, 5.41) is 6.66. The third kappa shape index (κ3) is 7.55. The fourth-order valence-corrected chi connectivity index (χ4v) is 3.82. The lowest BCUT2D eigenvalue weighted by Gasteiger charge is -2.19. The molecule has 33 heavy (non-hydrogen) atoms. The minimum Gasteiger partial charge on any atom is -0.371 e. The molecule has 2 N–H and O–H groups in total. The Morgan fingerprint density at radius 1 is 1.15 bits per heavy atom. The number of halogens is 3. The second kappa shape index (κ2) is 12.7. The van der Waals surface area contributed by atoms with Gasteiger partial charge in [-0.2, -0.15) is 0 Å². The van der Waals surface area contributed by atoms with E-state index in [1.807, 2.05) is 24.3 Å². The van der Waals surface area contributed by atoms with Crippen molar-refractivity contribution in [2.45, 2.75) is 12.8 Å². The maximum absolute atomic E-state index is 13.5. The molecule has 0 spiro atoms. The van der Waals surface area contributed by atoms with E-state index in [1.165, 1.54) is 12.1 Å². The molecule has 1 aliphatic rings. The molecular weight excluding hydrogens is 539 g/mol. The van der Waals surface area contributed by atoms with Crippen molar-refractivity contribution in [2.24, 2.45) is 10.9 Å². The van der Waals surface area contributed by atoms with Crippen LogP contribution in [0.4, 0.5) is 14.5 Å². The largest absolute Gasteiger partial charge is 0.371 e. The molecular formula is C24H32F2IN5O. The van der Waals surface area contributed by atoms with E-state index in [0.29, 0.717) is 23.7 Å². The second-order valence-electron chi connectivity index (χ2n) is 8.23. The van der Waals surface area contributed by atoms with Crippen molar-refractivity contribution in [1.82, 2.24) is 15.5 Å². The fourth-order valence-electron chi connectivity index (χ4n) is 3.82. The van der Waals surface area contributed by atoms with E-state index in [2.05, 4.69) is 20.5 Å². The van der Waals surface area contributed by atoms with E-state index in [-0.39, 0.29) is 29.9 Å². The summed E-state index contributed by atoms with van der Waals surface area (Å²) in [7, 11) is 5.22. The average molecular weight is 571 g/mol. The van der Waals surface area contributed by atoms with Crippen LogP contribution in [-0.4, -0.2) is 64.1 Å². The molecule has 0 bridgehead atoms. The third-order valence-corrected chi connectivity index (χ3v) is 5.62. The van der Waals surface area contributed by atoms with Crippen molar-refractivity contribution in [3.05, 3.63) is 65.2 Å². The van der Waals surface area contributed by atoms with Crippen molar-refractivity contribution in [2.75, 3.05) is 52.2 Å². The highest BCUT2D eigenvalue weighted by atomic mass is 127. The summed E-state index contributed by atoms with van der Waals surface area (Å²) in [5.74, 6) is -0.541. The van der Waals surface area contributed by atoms with E-state index < -0.39 is 11.6 Å². The van der Waals surface area contributed by atoms with Gasteiger partial charge in [0.1, 0.15) is 0 Å². The SMILES string of the molecule is CN=C(NCCc1cccc(C(=O)N(C)C)c1)NCC1CCN(c2ccc(F)c(F)c2)C1.I. The van der Waals surface area contributed by atoms with Crippen LogP contribution in [0.25, 0.3) is 0 Å². The number of hydrogen-bond acceptors (Lipinski definition) is 3. The van der Waals surface area contributed by atoms with Gasteiger partial charge in [0.05, 0.1) is 0 Å². The van der Waals surface area contributed by atoms with Gasteiger partial charge in [-0.1, -0.05) is 12.1 Å².